The van der Waals surface area contributed by atoms with Crippen LogP contribution in [0.4, 0.5) is 5.69 Å². The average molecular weight is 288 g/mol. The minimum atomic E-state index is 0.419. The minimum absolute atomic E-state index is 0.419. The standard InChI is InChI=1S/C13H10BrN3/c14-11-4-1-3-10(7-11)9-17-12-5-2-6-16-13(12)8-15/h1-7,17H,9H2. The number of nitrogens with one attached hydrogen (secondary N) is 1. The summed E-state index contributed by atoms with van der Waals surface area (Å²) < 4.78 is 1.04. The summed E-state index contributed by atoms with van der Waals surface area (Å²) in [5, 5.41) is 12.1. The molecule has 0 spiro atoms. The molecule has 0 fully saturated rings. The molecule has 1 N–H and O–H groups in total. The van der Waals surface area contributed by atoms with E-state index in [9.17, 15) is 0 Å². The molecular formula is C13H10BrN3. The topological polar surface area (TPSA) is 48.7 Å². The van der Waals surface area contributed by atoms with Crippen molar-refractivity contribution in [1.82, 2.24) is 4.98 Å². The van der Waals surface area contributed by atoms with Crippen LogP contribution < -0.4 is 5.32 Å². The van der Waals surface area contributed by atoms with Crippen molar-refractivity contribution >= 4 is 21.6 Å². The summed E-state index contributed by atoms with van der Waals surface area (Å²) in [4.78, 5) is 3.99. The third kappa shape index (κ3) is 3.05. The molecule has 0 amide bonds. The molecule has 0 saturated carbocycles. The number of aromatic nitrogens is 1. The van der Waals surface area contributed by atoms with E-state index in [0.29, 0.717) is 12.2 Å². The predicted molar refractivity (Wildman–Crippen MR) is 70.4 cm³/mol. The second kappa shape index (κ2) is 5.46. The predicted octanol–water partition coefficient (Wildman–Crippen LogP) is 3.33. The molecule has 0 radical (unpaired) electrons. The van der Waals surface area contributed by atoms with E-state index in [1.165, 1.54) is 0 Å². The molecule has 0 unspecified atom stereocenters. The Morgan fingerprint density at radius 2 is 2.18 bits per heavy atom. The monoisotopic (exact) mass is 287 g/mol. The van der Waals surface area contributed by atoms with E-state index in [0.717, 1.165) is 15.7 Å². The number of nitriles is 1. The normalized spacial score (nSPS) is 9.65. The molecule has 0 aliphatic rings. The van der Waals surface area contributed by atoms with Crippen LogP contribution >= 0.6 is 15.9 Å². The average Bonchev–Trinajstić information content (AvgIpc) is 2.37. The van der Waals surface area contributed by atoms with Crippen LogP contribution in [-0.4, -0.2) is 4.98 Å². The van der Waals surface area contributed by atoms with Crippen molar-refractivity contribution in [2.45, 2.75) is 6.54 Å². The highest BCUT2D eigenvalue weighted by atomic mass is 79.9. The molecular weight excluding hydrogens is 278 g/mol. The minimum Gasteiger partial charge on any atom is -0.379 e. The summed E-state index contributed by atoms with van der Waals surface area (Å²) in [6.07, 6.45) is 1.61. The largest absolute Gasteiger partial charge is 0.379 e. The molecule has 2 rings (SSSR count). The lowest BCUT2D eigenvalue weighted by molar-refractivity contribution is 1.12. The van der Waals surface area contributed by atoms with Gasteiger partial charge in [0.25, 0.3) is 0 Å². The van der Waals surface area contributed by atoms with Gasteiger partial charge in [-0.3, -0.25) is 0 Å². The van der Waals surface area contributed by atoms with Crippen molar-refractivity contribution in [1.29, 1.82) is 5.26 Å². The second-order valence-electron chi connectivity index (χ2n) is 3.49. The van der Waals surface area contributed by atoms with Gasteiger partial charge in [0.2, 0.25) is 0 Å². The van der Waals surface area contributed by atoms with Crippen LogP contribution in [-0.2, 0) is 6.54 Å². The van der Waals surface area contributed by atoms with Crippen LogP contribution in [0.5, 0.6) is 0 Å². The van der Waals surface area contributed by atoms with Gasteiger partial charge in [0.05, 0.1) is 5.69 Å². The summed E-state index contributed by atoms with van der Waals surface area (Å²) in [7, 11) is 0. The van der Waals surface area contributed by atoms with E-state index in [1.54, 1.807) is 6.20 Å². The number of hydrogen-bond donors (Lipinski definition) is 1. The van der Waals surface area contributed by atoms with Crippen LogP contribution in [0.3, 0.4) is 0 Å². The van der Waals surface area contributed by atoms with Crippen molar-refractivity contribution in [3.63, 3.8) is 0 Å². The quantitative estimate of drug-likeness (QED) is 0.942. The first kappa shape index (κ1) is 11.6. The van der Waals surface area contributed by atoms with Crippen LogP contribution in [0.1, 0.15) is 11.3 Å². The van der Waals surface area contributed by atoms with Crippen LogP contribution in [0.15, 0.2) is 47.1 Å². The fourth-order valence-electron chi connectivity index (χ4n) is 1.48. The fourth-order valence-corrected chi connectivity index (χ4v) is 1.93. The van der Waals surface area contributed by atoms with Crippen LogP contribution in [0.25, 0.3) is 0 Å². The zero-order chi connectivity index (χ0) is 12.1. The Bertz CT molecular complexity index is 561. The van der Waals surface area contributed by atoms with Gasteiger partial charge in [0.1, 0.15) is 6.07 Å². The Morgan fingerprint density at radius 1 is 1.29 bits per heavy atom. The summed E-state index contributed by atoms with van der Waals surface area (Å²) in [6.45, 7) is 0.666. The third-order valence-electron chi connectivity index (χ3n) is 2.29. The Morgan fingerprint density at radius 3 is 2.94 bits per heavy atom. The number of anilines is 1. The van der Waals surface area contributed by atoms with Crippen molar-refractivity contribution in [2.75, 3.05) is 5.32 Å². The molecule has 1 aromatic carbocycles. The molecule has 0 aliphatic heterocycles. The summed E-state index contributed by atoms with van der Waals surface area (Å²) in [6, 6.07) is 13.7. The zero-order valence-corrected chi connectivity index (χ0v) is 10.6. The van der Waals surface area contributed by atoms with E-state index in [-0.39, 0.29) is 0 Å². The number of halogens is 1. The second-order valence-corrected chi connectivity index (χ2v) is 4.41. The van der Waals surface area contributed by atoms with Crippen molar-refractivity contribution in [2.24, 2.45) is 0 Å². The Kier molecular flexibility index (Phi) is 3.73. The number of rotatable bonds is 3. The molecule has 17 heavy (non-hydrogen) atoms. The summed E-state index contributed by atoms with van der Waals surface area (Å²) >= 11 is 3.42. The first-order chi connectivity index (χ1) is 8.29. The van der Waals surface area contributed by atoms with Gasteiger partial charge in [-0.15, -0.1) is 0 Å². The van der Waals surface area contributed by atoms with Gasteiger partial charge in [0.15, 0.2) is 5.69 Å². The molecule has 4 heteroatoms. The number of nitrogens with zero attached hydrogens (tertiary/aromatic N) is 2. The summed E-state index contributed by atoms with van der Waals surface area (Å²) in [5.41, 5.74) is 2.32. The number of hydrogen-bond acceptors (Lipinski definition) is 3. The van der Waals surface area contributed by atoms with Gasteiger partial charge in [-0.05, 0) is 29.8 Å². The van der Waals surface area contributed by atoms with Crippen LogP contribution in [0, 0.1) is 11.3 Å². The van der Waals surface area contributed by atoms with Crippen LogP contribution in [0.2, 0.25) is 0 Å². The molecule has 0 saturated heterocycles. The maximum Gasteiger partial charge on any atom is 0.163 e. The van der Waals surface area contributed by atoms with Crippen molar-refractivity contribution in [3.05, 3.63) is 58.3 Å². The van der Waals surface area contributed by atoms with E-state index in [4.69, 9.17) is 5.26 Å². The lowest BCUT2D eigenvalue weighted by atomic mass is 10.2. The highest BCUT2D eigenvalue weighted by Gasteiger charge is 2.01. The Balaban J connectivity index is 2.10. The van der Waals surface area contributed by atoms with Gasteiger partial charge < -0.3 is 5.32 Å². The Hall–Kier alpha value is -1.86. The van der Waals surface area contributed by atoms with Gasteiger partial charge >= 0.3 is 0 Å². The molecule has 1 aromatic heterocycles. The van der Waals surface area contributed by atoms with Crippen molar-refractivity contribution in [3.8, 4) is 6.07 Å². The molecule has 1 heterocycles. The van der Waals surface area contributed by atoms with Gasteiger partial charge in [-0.1, -0.05) is 28.1 Å². The first-order valence-corrected chi connectivity index (χ1v) is 5.92. The molecule has 3 nitrogen and oxygen atoms in total. The molecule has 84 valence electrons. The van der Waals surface area contributed by atoms with E-state index in [2.05, 4.69) is 32.3 Å². The molecule has 0 atom stereocenters. The summed E-state index contributed by atoms with van der Waals surface area (Å²) in [5.74, 6) is 0. The highest BCUT2D eigenvalue weighted by Crippen LogP contribution is 2.15. The van der Waals surface area contributed by atoms with Gasteiger partial charge in [-0.2, -0.15) is 5.26 Å². The van der Waals surface area contributed by atoms with Gasteiger partial charge in [0, 0.05) is 17.2 Å². The third-order valence-corrected chi connectivity index (χ3v) is 2.78. The fraction of sp³-hybridized carbons (Fsp3) is 0.0769. The lowest BCUT2D eigenvalue weighted by Crippen LogP contribution is -2.02. The van der Waals surface area contributed by atoms with Crippen molar-refractivity contribution < 1.29 is 0 Å². The zero-order valence-electron chi connectivity index (χ0n) is 9.02. The molecule has 2 aromatic rings. The molecule has 0 aliphatic carbocycles. The van der Waals surface area contributed by atoms with E-state index in [1.807, 2.05) is 36.4 Å². The maximum absolute atomic E-state index is 8.90. The highest BCUT2D eigenvalue weighted by molar-refractivity contribution is 9.10. The molecule has 0 bridgehead atoms. The first-order valence-electron chi connectivity index (χ1n) is 5.13. The number of pyridine rings is 1. The lowest BCUT2D eigenvalue weighted by Gasteiger charge is -2.07. The Labute approximate surface area is 108 Å². The van der Waals surface area contributed by atoms with E-state index < -0.39 is 0 Å². The smallest absolute Gasteiger partial charge is 0.163 e. The maximum atomic E-state index is 8.90. The van der Waals surface area contributed by atoms with Gasteiger partial charge in [-0.25, -0.2) is 4.98 Å². The number of benzene rings is 1. The van der Waals surface area contributed by atoms with E-state index >= 15 is 0 Å². The SMILES string of the molecule is N#Cc1ncccc1NCc1cccc(Br)c1.